The number of carbonyl (C=O) groups is 1. The van der Waals surface area contributed by atoms with Gasteiger partial charge >= 0.3 is 0 Å². The first-order chi connectivity index (χ1) is 12.6. The molecule has 2 saturated carbocycles. The normalized spacial score (nSPS) is 32.1. The number of carbonyl (C=O) groups excluding carboxylic acids is 1. The molecule has 4 heteroatoms. The zero-order valence-electron chi connectivity index (χ0n) is 17.1. The number of amides is 1. The van der Waals surface area contributed by atoms with Gasteiger partial charge in [0.15, 0.2) is 0 Å². The first-order valence-electron chi connectivity index (χ1n) is 10.3. The van der Waals surface area contributed by atoms with Crippen LogP contribution in [0.2, 0.25) is 0 Å². The highest BCUT2D eigenvalue weighted by atomic mass is 16.5. The fourth-order valence-corrected chi connectivity index (χ4v) is 5.12. The van der Waals surface area contributed by atoms with Crippen LogP contribution in [0, 0.1) is 11.3 Å². The number of nitrogens with zero attached hydrogens (tertiary/aromatic N) is 1. The summed E-state index contributed by atoms with van der Waals surface area (Å²) in [7, 11) is 0. The van der Waals surface area contributed by atoms with E-state index in [-0.39, 0.29) is 28.8 Å². The molecule has 1 amide bonds. The molecular weight excluding hydrogens is 338 g/mol. The van der Waals surface area contributed by atoms with Crippen molar-refractivity contribution in [3.63, 3.8) is 0 Å². The minimum atomic E-state index is -0.628. The minimum absolute atomic E-state index is 0.0333. The Morgan fingerprint density at radius 3 is 2.56 bits per heavy atom. The van der Waals surface area contributed by atoms with Crippen molar-refractivity contribution >= 4 is 5.91 Å². The van der Waals surface area contributed by atoms with Gasteiger partial charge in [0.05, 0.1) is 11.7 Å². The van der Waals surface area contributed by atoms with Crippen molar-refractivity contribution in [3.8, 4) is 5.75 Å². The van der Waals surface area contributed by atoms with E-state index in [4.69, 9.17) is 4.74 Å². The van der Waals surface area contributed by atoms with Crippen molar-refractivity contribution in [2.24, 2.45) is 11.3 Å². The van der Waals surface area contributed by atoms with E-state index in [0.717, 1.165) is 38.1 Å². The van der Waals surface area contributed by atoms with Crippen LogP contribution in [0.15, 0.2) is 24.3 Å². The van der Waals surface area contributed by atoms with Gasteiger partial charge in [-0.25, -0.2) is 0 Å². The minimum Gasteiger partial charge on any atom is -0.490 e. The Morgan fingerprint density at radius 2 is 1.93 bits per heavy atom. The van der Waals surface area contributed by atoms with Gasteiger partial charge in [0.1, 0.15) is 5.75 Å². The van der Waals surface area contributed by atoms with E-state index in [1.54, 1.807) is 0 Å². The van der Waals surface area contributed by atoms with E-state index in [0.29, 0.717) is 12.8 Å². The molecule has 1 saturated heterocycles. The fourth-order valence-electron chi connectivity index (χ4n) is 5.12. The molecule has 1 unspecified atom stereocenters. The zero-order chi connectivity index (χ0) is 19.4. The average molecular weight is 372 g/mol. The Morgan fingerprint density at radius 1 is 1.22 bits per heavy atom. The molecule has 1 aromatic carbocycles. The van der Waals surface area contributed by atoms with E-state index in [1.807, 2.05) is 11.8 Å². The highest BCUT2D eigenvalue weighted by Crippen LogP contribution is 2.48. The molecule has 3 fully saturated rings. The molecule has 1 spiro atoms. The Kier molecular flexibility index (Phi) is 4.34. The first kappa shape index (κ1) is 18.8. The number of hydrogen-bond acceptors (Lipinski definition) is 3. The van der Waals surface area contributed by atoms with Crippen molar-refractivity contribution < 1.29 is 14.6 Å². The molecule has 4 rings (SSSR count). The smallest absolute Gasteiger partial charge is 0.225 e. The van der Waals surface area contributed by atoms with Gasteiger partial charge in [-0.1, -0.05) is 32.9 Å². The van der Waals surface area contributed by atoms with Crippen molar-refractivity contribution in [2.75, 3.05) is 13.1 Å². The lowest BCUT2D eigenvalue weighted by atomic mass is 9.70. The Balaban J connectivity index is 1.30. The summed E-state index contributed by atoms with van der Waals surface area (Å²) in [6.45, 7) is 10.2. The van der Waals surface area contributed by atoms with Crippen molar-refractivity contribution in [3.05, 3.63) is 29.8 Å². The van der Waals surface area contributed by atoms with Crippen LogP contribution in [0.4, 0.5) is 0 Å². The second kappa shape index (κ2) is 6.23. The molecule has 4 nitrogen and oxygen atoms in total. The molecule has 1 atom stereocenters. The molecule has 27 heavy (non-hydrogen) atoms. The third-order valence-corrected chi connectivity index (χ3v) is 6.75. The van der Waals surface area contributed by atoms with Crippen LogP contribution in [0.5, 0.6) is 5.75 Å². The zero-order valence-corrected chi connectivity index (χ0v) is 17.1. The van der Waals surface area contributed by atoms with E-state index in [2.05, 4.69) is 45.0 Å². The SMILES string of the molecule is CC1(O)CC(C(=O)N2CC3(CCC(Oc4cccc(C(C)(C)C)c4)C3)C2)C1. The Bertz CT molecular complexity index is 719. The van der Waals surface area contributed by atoms with E-state index < -0.39 is 5.60 Å². The molecule has 148 valence electrons. The van der Waals surface area contributed by atoms with Crippen LogP contribution in [0.25, 0.3) is 0 Å². The standard InChI is InChI=1S/C23H33NO3/c1-21(2,3)17-6-5-7-18(10-17)27-19-8-9-23(13-19)14-24(15-23)20(25)16-11-22(4,26)12-16/h5-7,10,16,19,26H,8-9,11-15H2,1-4H3. The van der Waals surface area contributed by atoms with Gasteiger partial charge in [-0.05, 0) is 62.1 Å². The summed E-state index contributed by atoms with van der Waals surface area (Å²) in [6.07, 6.45) is 4.74. The van der Waals surface area contributed by atoms with Gasteiger partial charge in [0, 0.05) is 24.4 Å². The molecular formula is C23H33NO3. The maximum atomic E-state index is 12.5. The monoisotopic (exact) mass is 371 g/mol. The summed E-state index contributed by atoms with van der Waals surface area (Å²) >= 11 is 0. The molecule has 3 aliphatic rings. The maximum Gasteiger partial charge on any atom is 0.225 e. The molecule has 2 aliphatic carbocycles. The summed E-state index contributed by atoms with van der Waals surface area (Å²) in [4.78, 5) is 14.5. The van der Waals surface area contributed by atoms with Gasteiger partial charge in [0.25, 0.3) is 0 Å². The van der Waals surface area contributed by atoms with Crippen LogP contribution in [-0.2, 0) is 10.2 Å². The van der Waals surface area contributed by atoms with Crippen LogP contribution in [-0.4, -0.2) is 40.7 Å². The van der Waals surface area contributed by atoms with Crippen LogP contribution in [0.3, 0.4) is 0 Å². The van der Waals surface area contributed by atoms with Crippen molar-refractivity contribution in [1.82, 2.24) is 4.90 Å². The highest BCUT2D eigenvalue weighted by molar-refractivity contribution is 5.81. The van der Waals surface area contributed by atoms with Gasteiger partial charge in [0.2, 0.25) is 5.91 Å². The summed E-state index contributed by atoms with van der Waals surface area (Å²) in [6, 6.07) is 8.47. The van der Waals surface area contributed by atoms with Gasteiger partial charge in [-0.2, -0.15) is 0 Å². The number of likely N-dealkylation sites (tertiary alicyclic amines) is 1. The average Bonchev–Trinajstić information content (AvgIpc) is 2.94. The highest BCUT2D eigenvalue weighted by Gasteiger charge is 2.53. The lowest BCUT2D eigenvalue weighted by Gasteiger charge is -2.51. The Hall–Kier alpha value is -1.55. The Labute approximate surface area is 162 Å². The molecule has 1 heterocycles. The quantitative estimate of drug-likeness (QED) is 0.876. The van der Waals surface area contributed by atoms with E-state index in [9.17, 15) is 9.90 Å². The molecule has 1 N–H and O–H groups in total. The summed E-state index contributed by atoms with van der Waals surface area (Å²) < 4.78 is 6.31. The molecule has 0 aromatic heterocycles. The predicted molar refractivity (Wildman–Crippen MR) is 106 cm³/mol. The topological polar surface area (TPSA) is 49.8 Å². The van der Waals surface area contributed by atoms with Gasteiger partial charge < -0.3 is 14.7 Å². The third-order valence-electron chi connectivity index (χ3n) is 6.75. The van der Waals surface area contributed by atoms with Crippen LogP contribution >= 0.6 is 0 Å². The lowest BCUT2D eigenvalue weighted by molar-refractivity contribution is -0.161. The van der Waals surface area contributed by atoms with E-state index in [1.165, 1.54) is 5.56 Å². The van der Waals surface area contributed by atoms with Crippen LogP contribution < -0.4 is 4.74 Å². The molecule has 1 aliphatic heterocycles. The number of aliphatic hydroxyl groups is 1. The predicted octanol–water partition coefficient (Wildman–Crippen LogP) is 3.91. The number of ether oxygens (including phenoxy) is 1. The summed E-state index contributed by atoms with van der Waals surface area (Å²) in [5, 5.41) is 9.87. The summed E-state index contributed by atoms with van der Waals surface area (Å²) in [5.41, 5.74) is 1.05. The molecule has 0 bridgehead atoms. The molecule has 1 aromatic rings. The lowest BCUT2D eigenvalue weighted by Crippen LogP contribution is -2.61. The van der Waals surface area contributed by atoms with Crippen LogP contribution in [0.1, 0.15) is 65.4 Å². The number of benzene rings is 1. The van der Waals surface area contributed by atoms with Crippen molar-refractivity contribution in [1.29, 1.82) is 0 Å². The first-order valence-corrected chi connectivity index (χ1v) is 10.3. The molecule has 0 radical (unpaired) electrons. The largest absolute Gasteiger partial charge is 0.490 e. The maximum absolute atomic E-state index is 12.5. The number of rotatable bonds is 3. The van der Waals surface area contributed by atoms with Gasteiger partial charge in [-0.3, -0.25) is 4.79 Å². The summed E-state index contributed by atoms with van der Waals surface area (Å²) in [5.74, 6) is 1.24. The van der Waals surface area contributed by atoms with Gasteiger partial charge in [-0.15, -0.1) is 0 Å². The number of hydrogen-bond donors (Lipinski definition) is 1. The second-order valence-electron chi connectivity index (χ2n) is 10.6. The van der Waals surface area contributed by atoms with Crippen molar-refractivity contribution in [2.45, 2.75) is 76.9 Å². The third kappa shape index (κ3) is 3.73. The fraction of sp³-hybridized carbons (Fsp3) is 0.696. The van der Waals surface area contributed by atoms with E-state index >= 15 is 0 Å². The second-order valence-corrected chi connectivity index (χ2v) is 10.6.